The molecule has 2 rings (SSSR count). The van der Waals surface area contributed by atoms with Gasteiger partial charge in [-0.15, -0.1) is 0 Å². The molecule has 1 atom stereocenters. The minimum absolute atomic E-state index is 0.394. The molecule has 2 heterocycles. The number of ether oxygens (including phenoxy) is 1. The van der Waals surface area contributed by atoms with Crippen LogP contribution in [0, 0.1) is 0 Å². The van der Waals surface area contributed by atoms with E-state index in [1.54, 1.807) is 0 Å². The molecule has 0 aliphatic carbocycles. The molecule has 0 spiro atoms. The second kappa shape index (κ2) is 7.46. The summed E-state index contributed by atoms with van der Waals surface area (Å²) in [6.07, 6.45) is 4.68. The normalized spacial score (nSPS) is 18.7. The van der Waals surface area contributed by atoms with Gasteiger partial charge in [0.2, 0.25) is 0 Å². The number of pyridine rings is 1. The average molecular weight is 263 g/mol. The largest absolute Gasteiger partial charge is 0.376 e. The van der Waals surface area contributed by atoms with Crippen LogP contribution in [0.4, 0.5) is 5.69 Å². The topological polar surface area (TPSA) is 37.4 Å². The summed E-state index contributed by atoms with van der Waals surface area (Å²) in [5, 5.41) is 3.32. The molecule has 19 heavy (non-hydrogen) atoms. The molecule has 0 bridgehead atoms. The van der Waals surface area contributed by atoms with Crippen molar-refractivity contribution in [1.29, 1.82) is 0 Å². The van der Waals surface area contributed by atoms with Gasteiger partial charge in [0.15, 0.2) is 0 Å². The lowest BCUT2D eigenvalue weighted by Crippen LogP contribution is -2.32. The molecule has 0 amide bonds. The molecule has 0 saturated carbocycles. The molecule has 1 aliphatic rings. The van der Waals surface area contributed by atoms with Gasteiger partial charge in [0.05, 0.1) is 11.8 Å². The summed E-state index contributed by atoms with van der Waals surface area (Å²) < 4.78 is 5.73. The van der Waals surface area contributed by atoms with Gasteiger partial charge >= 0.3 is 0 Å². The van der Waals surface area contributed by atoms with Crippen LogP contribution in [-0.2, 0) is 11.3 Å². The maximum atomic E-state index is 5.73. The van der Waals surface area contributed by atoms with Crippen molar-refractivity contribution in [2.24, 2.45) is 0 Å². The third kappa shape index (κ3) is 4.18. The Bertz CT molecular complexity index is 377. The van der Waals surface area contributed by atoms with Gasteiger partial charge in [0.25, 0.3) is 0 Å². The minimum atomic E-state index is 0.394. The fourth-order valence-corrected chi connectivity index (χ4v) is 2.46. The Morgan fingerprint density at radius 2 is 2.37 bits per heavy atom. The van der Waals surface area contributed by atoms with Crippen LogP contribution in [0.2, 0.25) is 0 Å². The van der Waals surface area contributed by atoms with Crippen molar-refractivity contribution in [2.75, 3.05) is 31.1 Å². The van der Waals surface area contributed by atoms with Crippen LogP contribution in [0.1, 0.15) is 32.4 Å². The van der Waals surface area contributed by atoms with E-state index in [0.717, 1.165) is 38.5 Å². The molecule has 1 aromatic rings. The highest BCUT2D eigenvalue weighted by Gasteiger charge is 2.18. The van der Waals surface area contributed by atoms with Crippen LogP contribution in [0.15, 0.2) is 18.3 Å². The monoisotopic (exact) mass is 263 g/mol. The SMILES string of the molecule is CCNCc1cc(N(CC)CC2CCCO2)ccn1. The summed E-state index contributed by atoms with van der Waals surface area (Å²) in [5.41, 5.74) is 2.35. The van der Waals surface area contributed by atoms with E-state index in [4.69, 9.17) is 4.74 Å². The van der Waals surface area contributed by atoms with Gasteiger partial charge in [0.1, 0.15) is 0 Å². The molecular formula is C15H25N3O. The molecule has 1 aliphatic heterocycles. The predicted octanol–water partition coefficient (Wildman–Crippen LogP) is 2.20. The number of nitrogens with zero attached hydrogens (tertiary/aromatic N) is 2. The van der Waals surface area contributed by atoms with Gasteiger partial charge in [-0.3, -0.25) is 4.98 Å². The fourth-order valence-electron chi connectivity index (χ4n) is 2.46. The van der Waals surface area contributed by atoms with Crippen LogP contribution in [-0.4, -0.2) is 37.3 Å². The highest BCUT2D eigenvalue weighted by Crippen LogP contribution is 2.19. The van der Waals surface area contributed by atoms with Crippen LogP contribution < -0.4 is 10.2 Å². The summed E-state index contributed by atoms with van der Waals surface area (Å²) in [6, 6.07) is 4.27. The molecular weight excluding hydrogens is 238 g/mol. The first-order chi connectivity index (χ1) is 9.33. The van der Waals surface area contributed by atoms with Crippen molar-refractivity contribution >= 4 is 5.69 Å². The Balaban J connectivity index is 2.00. The third-order valence-corrected chi connectivity index (χ3v) is 3.55. The van der Waals surface area contributed by atoms with Crippen molar-refractivity contribution in [1.82, 2.24) is 10.3 Å². The number of aromatic nitrogens is 1. The molecule has 1 fully saturated rings. The first kappa shape index (κ1) is 14.3. The summed E-state index contributed by atoms with van der Waals surface area (Å²) in [4.78, 5) is 6.79. The first-order valence-electron chi connectivity index (χ1n) is 7.35. The van der Waals surface area contributed by atoms with Gasteiger partial charge in [-0.1, -0.05) is 6.92 Å². The number of hydrogen-bond acceptors (Lipinski definition) is 4. The van der Waals surface area contributed by atoms with E-state index in [1.807, 2.05) is 6.20 Å². The van der Waals surface area contributed by atoms with Gasteiger partial charge in [-0.25, -0.2) is 0 Å². The number of nitrogens with one attached hydrogen (secondary N) is 1. The Morgan fingerprint density at radius 3 is 3.05 bits per heavy atom. The maximum absolute atomic E-state index is 5.73. The molecule has 106 valence electrons. The van der Waals surface area contributed by atoms with E-state index in [1.165, 1.54) is 18.5 Å². The van der Waals surface area contributed by atoms with E-state index in [2.05, 4.69) is 41.2 Å². The predicted molar refractivity (Wildman–Crippen MR) is 78.5 cm³/mol. The van der Waals surface area contributed by atoms with Crippen molar-refractivity contribution in [3.05, 3.63) is 24.0 Å². The fraction of sp³-hybridized carbons (Fsp3) is 0.667. The number of rotatable bonds is 7. The Kier molecular flexibility index (Phi) is 5.61. The molecule has 1 N–H and O–H groups in total. The van der Waals surface area contributed by atoms with Crippen LogP contribution in [0.25, 0.3) is 0 Å². The minimum Gasteiger partial charge on any atom is -0.376 e. The maximum Gasteiger partial charge on any atom is 0.0750 e. The molecule has 1 saturated heterocycles. The summed E-state index contributed by atoms with van der Waals surface area (Å²) >= 11 is 0. The van der Waals surface area contributed by atoms with Crippen molar-refractivity contribution in [2.45, 2.75) is 39.3 Å². The molecule has 1 unspecified atom stereocenters. The highest BCUT2D eigenvalue weighted by atomic mass is 16.5. The van der Waals surface area contributed by atoms with E-state index < -0.39 is 0 Å². The second-order valence-corrected chi connectivity index (χ2v) is 4.96. The zero-order chi connectivity index (χ0) is 13.5. The average Bonchev–Trinajstić information content (AvgIpc) is 2.96. The van der Waals surface area contributed by atoms with E-state index in [9.17, 15) is 0 Å². The van der Waals surface area contributed by atoms with Crippen molar-refractivity contribution in [3.8, 4) is 0 Å². The molecule has 0 radical (unpaired) electrons. The lowest BCUT2D eigenvalue weighted by molar-refractivity contribution is 0.115. The lowest BCUT2D eigenvalue weighted by atomic mass is 10.2. The van der Waals surface area contributed by atoms with Gasteiger partial charge in [-0.2, -0.15) is 0 Å². The van der Waals surface area contributed by atoms with Crippen molar-refractivity contribution in [3.63, 3.8) is 0 Å². The van der Waals surface area contributed by atoms with E-state index in [-0.39, 0.29) is 0 Å². The van der Waals surface area contributed by atoms with E-state index in [0.29, 0.717) is 6.10 Å². The second-order valence-electron chi connectivity index (χ2n) is 4.96. The summed E-state index contributed by atoms with van der Waals surface area (Å²) in [5.74, 6) is 0. The smallest absolute Gasteiger partial charge is 0.0750 e. The Labute approximate surface area is 116 Å². The molecule has 4 heteroatoms. The van der Waals surface area contributed by atoms with Gasteiger partial charge in [-0.05, 0) is 38.4 Å². The number of anilines is 1. The van der Waals surface area contributed by atoms with Gasteiger partial charge in [0, 0.05) is 38.1 Å². The lowest BCUT2D eigenvalue weighted by Gasteiger charge is -2.26. The quantitative estimate of drug-likeness (QED) is 0.818. The van der Waals surface area contributed by atoms with Crippen LogP contribution in [0.5, 0.6) is 0 Å². The molecule has 0 aromatic carbocycles. The van der Waals surface area contributed by atoms with Crippen LogP contribution >= 0.6 is 0 Å². The Morgan fingerprint density at radius 1 is 1.47 bits per heavy atom. The summed E-state index contributed by atoms with van der Waals surface area (Å²) in [7, 11) is 0. The first-order valence-corrected chi connectivity index (χ1v) is 7.35. The third-order valence-electron chi connectivity index (χ3n) is 3.55. The zero-order valence-corrected chi connectivity index (χ0v) is 12.1. The number of hydrogen-bond donors (Lipinski definition) is 1. The summed E-state index contributed by atoms with van der Waals surface area (Å²) in [6.45, 7) is 9.02. The molecule has 1 aromatic heterocycles. The zero-order valence-electron chi connectivity index (χ0n) is 12.1. The van der Waals surface area contributed by atoms with Crippen LogP contribution in [0.3, 0.4) is 0 Å². The standard InChI is InChI=1S/C15H25N3O/c1-3-16-11-13-10-14(7-8-17-13)18(4-2)12-15-6-5-9-19-15/h7-8,10,15-16H,3-6,9,11-12H2,1-2H3. The highest BCUT2D eigenvalue weighted by molar-refractivity contribution is 5.46. The Hall–Kier alpha value is -1.13. The number of likely N-dealkylation sites (N-methyl/N-ethyl adjacent to an activating group) is 1. The van der Waals surface area contributed by atoms with Gasteiger partial charge < -0.3 is 15.0 Å². The van der Waals surface area contributed by atoms with E-state index >= 15 is 0 Å². The van der Waals surface area contributed by atoms with Crippen molar-refractivity contribution < 1.29 is 4.74 Å². The molecule has 4 nitrogen and oxygen atoms in total.